The van der Waals surface area contributed by atoms with Crippen molar-refractivity contribution in [2.75, 3.05) is 6.54 Å². The van der Waals surface area contributed by atoms with Crippen LogP contribution in [0, 0.1) is 18.7 Å². The largest absolute Gasteiger partial charge is 0.477 e. The number of carboxylic acids is 1. The van der Waals surface area contributed by atoms with Crippen LogP contribution >= 0.6 is 11.6 Å². The quantitative estimate of drug-likeness (QED) is 0.200. The number of halogens is 2. The number of hydrogen-bond donors (Lipinski definition) is 2. The lowest BCUT2D eigenvalue weighted by Crippen LogP contribution is -2.25. The Morgan fingerprint density at radius 2 is 1.82 bits per heavy atom. The van der Waals surface area contributed by atoms with Crippen molar-refractivity contribution in [1.82, 2.24) is 20.4 Å². The van der Waals surface area contributed by atoms with E-state index in [4.69, 9.17) is 21.2 Å². The van der Waals surface area contributed by atoms with Gasteiger partial charge in [0.05, 0.1) is 16.8 Å². The van der Waals surface area contributed by atoms with Crippen molar-refractivity contribution >= 4 is 17.6 Å². The summed E-state index contributed by atoms with van der Waals surface area (Å²) in [5.74, 6) is 0.611. The van der Waals surface area contributed by atoms with E-state index >= 15 is 0 Å². The van der Waals surface area contributed by atoms with Gasteiger partial charge in [-0.25, -0.2) is 14.2 Å². The monoisotopic (exact) mass is 544 g/mol. The Balaban J connectivity index is 0.000000215. The maximum absolute atomic E-state index is 13.0. The summed E-state index contributed by atoms with van der Waals surface area (Å²) in [6, 6.07) is 9.02. The predicted molar refractivity (Wildman–Crippen MR) is 147 cm³/mol. The van der Waals surface area contributed by atoms with Gasteiger partial charge in [-0.3, -0.25) is 0 Å². The maximum atomic E-state index is 13.0. The summed E-state index contributed by atoms with van der Waals surface area (Å²) < 4.78 is 18.1. The second kappa shape index (κ2) is 15.5. The molecule has 38 heavy (non-hydrogen) atoms. The van der Waals surface area contributed by atoms with Gasteiger partial charge in [0.15, 0.2) is 5.82 Å². The lowest BCUT2D eigenvalue weighted by Gasteiger charge is -2.14. The van der Waals surface area contributed by atoms with E-state index in [9.17, 15) is 9.18 Å². The van der Waals surface area contributed by atoms with Crippen molar-refractivity contribution in [2.24, 2.45) is 5.92 Å². The maximum Gasteiger partial charge on any atom is 0.354 e. The lowest BCUT2D eigenvalue weighted by atomic mass is 10.1. The molecule has 1 fully saturated rings. The van der Waals surface area contributed by atoms with Gasteiger partial charge in [0.1, 0.15) is 11.5 Å². The summed E-state index contributed by atoms with van der Waals surface area (Å²) in [6.45, 7) is 5.20. The molecule has 4 rings (SSSR count). The molecule has 2 heterocycles. The summed E-state index contributed by atoms with van der Waals surface area (Å²) in [5, 5.41) is 16.5. The van der Waals surface area contributed by atoms with Gasteiger partial charge in [-0.2, -0.15) is 4.98 Å². The molecule has 1 aromatic carbocycles. The molecule has 1 atom stereocenters. The highest BCUT2D eigenvalue weighted by molar-refractivity contribution is 6.31. The van der Waals surface area contributed by atoms with Crippen molar-refractivity contribution in [2.45, 2.75) is 84.1 Å². The molecule has 1 saturated carbocycles. The van der Waals surface area contributed by atoms with Crippen LogP contribution in [-0.2, 0) is 0 Å². The van der Waals surface area contributed by atoms with Crippen LogP contribution in [0.15, 0.2) is 40.9 Å². The number of rotatable bonds is 14. The van der Waals surface area contributed by atoms with Crippen LogP contribution < -0.4 is 5.32 Å². The van der Waals surface area contributed by atoms with Gasteiger partial charge in [0.2, 0.25) is 5.89 Å². The minimum Gasteiger partial charge on any atom is -0.477 e. The van der Waals surface area contributed by atoms with Crippen molar-refractivity contribution < 1.29 is 18.8 Å². The molecule has 9 heteroatoms. The summed E-state index contributed by atoms with van der Waals surface area (Å²) >= 11 is 5.65. The zero-order valence-electron chi connectivity index (χ0n) is 22.3. The van der Waals surface area contributed by atoms with E-state index in [1.54, 1.807) is 12.1 Å². The topological polar surface area (TPSA) is 101 Å². The number of nitrogens with zero attached hydrogens (tertiary/aromatic N) is 3. The van der Waals surface area contributed by atoms with E-state index in [0.29, 0.717) is 23.2 Å². The van der Waals surface area contributed by atoms with Crippen molar-refractivity contribution in [3.8, 4) is 11.3 Å². The number of pyridine rings is 1. The zero-order chi connectivity index (χ0) is 27.3. The smallest absolute Gasteiger partial charge is 0.354 e. The Kier molecular flexibility index (Phi) is 12.2. The molecule has 7 nitrogen and oxygen atoms in total. The number of nitrogens with one attached hydrogen (secondary N) is 1. The third-order valence-electron chi connectivity index (χ3n) is 6.49. The molecule has 2 N–H and O–H groups in total. The van der Waals surface area contributed by atoms with Crippen LogP contribution in [0.25, 0.3) is 11.3 Å². The molecule has 1 aliphatic rings. The van der Waals surface area contributed by atoms with E-state index in [0.717, 1.165) is 18.3 Å². The number of hydrogen-bond acceptors (Lipinski definition) is 6. The van der Waals surface area contributed by atoms with Crippen LogP contribution in [0.1, 0.15) is 99.4 Å². The number of aryl methyl sites for hydroxylation is 1. The van der Waals surface area contributed by atoms with Gasteiger partial charge >= 0.3 is 5.97 Å². The first-order valence-corrected chi connectivity index (χ1v) is 14.0. The number of carboxylic acid groups (broad SMARTS) is 1. The average molecular weight is 545 g/mol. The van der Waals surface area contributed by atoms with Crippen LogP contribution in [-0.4, -0.2) is 32.7 Å². The fourth-order valence-corrected chi connectivity index (χ4v) is 4.41. The average Bonchev–Trinajstić information content (AvgIpc) is 3.66. The number of benzene rings is 1. The van der Waals surface area contributed by atoms with Crippen molar-refractivity contribution in [3.63, 3.8) is 0 Å². The second-order valence-electron chi connectivity index (χ2n) is 9.76. The Hall–Kier alpha value is -2.84. The minimum absolute atomic E-state index is 0.0231. The number of unbranched alkanes of at least 4 members (excludes halogenated alkanes) is 7. The van der Waals surface area contributed by atoms with E-state index in [1.165, 1.54) is 88.5 Å². The molecule has 0 bridgehead atoms. The molecular formula is C29H38ClFN4O3. The molecule has 0 saturated heterocycles. The molecule has 0 spiro atoms. The van der Waals surface area contributed by atoms with E-state index in [-0.39, 0.29) is 10.7 Å². The van der Waals surface area contributed by atoms with Crippen molar-refractivity contribution in [1.29, 1.82) is 0 Å². The number of aromatic nitrogens is 3. The first kappa shape index (κ1) is 29.7. The standard InChI is InChI=1S/C17H31N3O.C12H7ClFNO2/c1-3-4-5-6-7-8-9-10-13-18-16(15-11-12-15)17-19-14(2)21-20-17;13-8-6-7(4-5-9(8)14)10-2-1-3-11(15-10)12(16)17/h15-16,18H,3-13H2,1-2H3;1-6H,(H,16,17). The number of carbonyl (C=O) groups is 1. The molecular weight excluding hydrogens is 507 g/mol. The molecule has 0 aliphatic heterocycles. The fraction of sp³-hybridized carbons (Fsp3) is 0.517. The van der Waals surface area contributed by atoms with E-state index < -0.39 is 11.8 Å². The van der Waals surface area contributed by atoms with Gasteiger partial charge in [-0.05, 0) is 62.1 Å². The van der Waals surface area contributed by atoms with Gasteiger partial charge < -0.3 is 14.9 Å². The highest BCUT2D eigenvalue weighted by Crippen LogP contribution is 2.40. The molecule has 2 aromatic heterocycles. The first-order chi connectivity index (χ1) is 18.4. The number of aromatic carboxylic acids is 1. The van der Waals surface area contributed by atoms with Crippen LogP contribution in [0.3, 0.4) is 0 Å². The van der Waals surface area contributed by atoms with E-state index in [2.05, 4.69) is 27.4 Å². The second-order valence-corrected chi connectivity index (χ2v) is 10.2. The Bertz CT molecular complexity index is 1150. The molecule has 0 radical (unpaired) electrons. The molecule has 3 aromatic rings. The Morgan fingerprint density at radius 1 is 1.11 bits per heavy atom. The van der Waals surface area contributed by atoms with Gasteiger partial charge in [-0.15, -0.1) is 0 Å². The first-order valence-electron chi connectivity index (χ1n) is 13.6. The van der Waals surface area contributed by atoms with Crippen LogP contribution in [0.4, 0.5) is 4.39 Å². The molecule has 1 unspecified atom stereocenters. The fourth-order valence-electron chi connectivity index (χ4n) is 4.23. The van der Waals surface area contributed by atoms with Crippen LogP contribution in [0.5, 0.6) is 0 Å². The highest BCUT2D eigenvalue weighted by Gasteiger charge is 2.34. The molecule has 1 aliphatic carbocycles. The summed E-state index contributed by atoms with van der Waals surface area (Å²) in [5.41, 5.74) is 0.939. The third kappa shape index (κ3) is 9.80. The minimum atomic E-state index is -1.11. The zero-order valence-corrected chi connectivity index (χ0v) is 23.0. The Morgan fingerprint density at radius 3 is 2.42 bits per heavy atom. The highest BCUT2D eigenvalue weighted by atomic mass is 35.5. The molecule has 0 amide bonds. The lowest BCUT2D eigenvalue weighted by molar-refractivity contribution is 0.0690. The Labute approximate surface area is 229 Å². The van der Waals surface area contributed by atoms with Gasteiger partial charge in [0.25, 0.3) is 0 Å². The SMILES string of the molecule is CCCCCCCCCCNC(c1noc(C)n1)C1CC1.O=C(O)c1cccc(-c2ccc(F)c(Cl)c2)n1. The van der Waals surface area contributed by atoms with Gasteiger partial charge in [0, 0.05) is 12.5 Å². The summed E-state index contributed by atoms with van der Waals surface area (Å²) in [6.07, 6.45) is 13.5. The molecule has 206 valence electrons. The third-order valence-corrected chi connectivity index (χ3v) is 6.78. The predicted octanol–water partition coefficient (Wildman–Crippen LogP) is 7.80. The van der Waals surface area contributed by atoms with E-state index in [1.807, 2.05) is 6.92 Å². The van der Waals surface area contributed by atoms with Crippen LogP contribution in [0.2, 0.25) is 5.02 Å². The normalized spacial score (nSPS) is 13.6. The summed E-state index contributed by atoms with van der Waals surface area (Å²) in [4.78, 5) is 19.1. The summed E-state index contributed by atoms with van der Waals surface area (Å²) in [7, 11) is 0. The van der Waals surface area contributed by atoms with Gasteiger partial charge in [-0.1, -0.05) is 74.7 Å². The van der Waals surface area contributed by atoms with Crippen molar-refractivity contribution in [3.05, 3.63) is 64.6 Å².